The van der Waals surface area contributed by atoms with Crippen LogP contribution in [0.5, 0.6) is 0 Å². The Morgan fingerprint density at radius 1 is 0.966 bits per heavy atom. The molecule has 2 fully saturated rings. The van der Waals surface area contributed by atoms with Crippen LogP contribution in [0.4, 0.5) is 8.78 Å². The molecule has 2 aliphatic rings. The highest BCUT2D eigenvalue weighted by molar-refractivity contribution is 5.39. The molecular formula is C27H36F2. The molecule has 0 unspecified atom stereocenters. The molecule has 0 saturated heterocycles. The second kappa shape index (κ2) is 11.0. The number of hydrogen-bond donors (Lipinski definition) is 0. The molecule has 1 aromatic carbocycles. The van der Waals surface area contributed by atoms with Crippen LogP contribution in [0.2, 0.25) is 0 Å². The first kappa shape index (κ1) is 22.1. The summed E-state index contributed by atoms with van der Waals surface area (Å²) < 4.78 is 28.8. The van der Waals surface area contributed by atoms with Gasteiger partial charge in [-0.25, -0.2) is 8.78 Å². The summed E-state index contributed by atoms with van der Waals surface area (Å²) >= 11 is 0. The summed E-state index contributed by atoms with van der Waals surface area (Å²) in [7, 11) is 0. The molecule has 0 amide bonds. The van der Waals surface area contributed by atoms with Gasteiger partial charge in [0.15, 0.2) is 0 Å². The van der Waals surface area contributed by atoms with E-state index in [2.05, 4.69) is 25.3 Å². The van der Waals surface area contributed by atoms with Gasteiger partial charge >= 0.3 is 0 Å². The molecule has 0 radical (unpaired) electrons. The van der Waals surface area contributed by atoms with Gasteiger partial charge in [-0.05, 0) is 93.2 Å². The molecule has 0 aromatic heterocycles. The smallest absolute Gasteiger partial charge is 0.142 e. The predicted molar refractivity (Wildman–Crippen MR) is 118 cm³/mol. The summed E-state index contributed by atoms with van der Waals surface area (Å²) in [5.41, 5.74) is 0.642. The van der Waals surface area contributed by atoms with Crippen molar-refractivity contribution in [1.29, 1.82) is 0 Å². The van der Waals surface area contributed by atoms with E-state index < -0.39 is 11.6 Å². The van der Waals surface area contributed by atoms with E-state index >= 15 is 0 Å². The minimum atomic E-state index is -0.521. The zero-order valence-electron chi connectivity index (χ0n) is 18.0. The highest BCUT2D eigenvalue weighted by Gasteiger charge is 2.30. The molecule has 0 atom stereocenters. The quantitative estimate of drug-likeness (QED) is 0.260. The van der Waals surface area contributed by atoms with Crippen LogP contribution in [-0.4, -0.2) is 0 Å². The lowest BCUT2D eigenvalue weighted by Crippen LogP contribution is -2.25. The lowest BCUT2D eigenvalue weighted by molar-refractivity contribution is 0.156. The summed E-state index contributed by atoms with van der Waals surface area (Å²) in [6.45, 7) is 6.00. The maximum absolute atomic E-state index is 14.4. The average molecular weight is 399 g/mol. The molecule has 0 heterocycles. The molecule has 0 spiro atoms. The van der Waals surface area contributed by atoms with Gasteiger partial charge in [-0.2, -0.15) is 0 Å². The van der Waals surface area contributed by atoms with Crippen LogP contribution in [0.15, 0.2) is 24.8 Å². The Bertz CT molecular complexity index is 700. The zero-order valence-corrected chi connectivity index (χ0v) is 18.0. The van der Waals surface area contributed by atoms with Crippen molar-refractivity contribution in [2.45, 2.75) is 84.0 Å². The molecule has 0 bridgehead atoms. The molecule has 2 aliphatic carbocycles. The van der Waals surface area contributed by atoms with Crippen LogP contribution in [0.3, 0.4) is 0 Å². The van der Waals surface area contributed by atoms with Crippen molar-refractivity contribution in [3.8, 4) is 11.8 Å². The second-order valence-corrected chi connectivity index (χ2v) is 9.19. The number of aryl methyl sites for hydroxylation is 1. The van der Waals surface area contributed by atoms with Gasteiger partial charge < -0.3 is 0 Å². The Hall–Kier alpha value is -1.62. The van der Waals surface area contributed by atoms with Crippen molar-refractivity contribution in [2.75, 3.05) is 0 Å². The fourth-order valence-corrected chi connectivity index (χ4v) is 5.32. The molecule has 0 nitrogen and oxygen atoms in total. The van der Waals surface area contributed by atoms with Crippen LogP contribution in [0.1, 0.15) is 88.7 Å². The van der Waals surface area contributed by atoms with Gasteiger partial charge in [0.1, 0.15) is 11.6 Å². The van der Waals surface area contributed by atoms with Gasteiger partial charge in [0.25, 0.3) is 0 Å². The van der Waals surface area contributed by atoms with Gasteiger partial charge in [-0.3, -0.25) is 0 Å². The van der Waals surface area contributed by atoms with Gasteiger partial charge in [0, 0.05) is 5.92 Å². The van der Waals surface area contributed by atoms with Crippen molar-refractivity contribution in [1.82, 2.24) is 0 Å². The van der Waals surface area contributed by atoms with Crippen LogP contribution in [0.25, 0.3) is 0 Å². The van der Waals surface area contributed by atoms with Gasteiger partial charge in [0.05, 0.1) is 5.56 Å². The summed E-state index contributed by atoms with van der Waals surface area (Å²) in [6, 6.07) is 2.89. The Balaban J connectivity index is 1.53. The Morgan fingerprint density at radius 3 is 2.10 bits per heavy atom. The molecule has 0 N–H and O–H groups in total. The molecule has 158 valence electrons. The Labute approximate surface area is 176 Å². The number of hydrogen-bond acceptors (Lipinski definition) is 0. The lowest BCUT2D eigenvalue weighted by Gasteiger charge is -2.36. The Morgan fingerprint density at radius 2 is 1.55 bits per heavy atom. The highest BCUT2D eigenvalue weighted by Crippen LogP contribution is 2.41. The fraction of sp³-hybridized carbons (Fsp3) is 0.630. The standard InChI is InChI=1S/C27H36F2/c1-3-5-6-7-22-18-26(28)25(27(29)19-22)17-12-21-10-15-24(16-11-21)23-13-8-20(4-2)9-14-23/h3,18-21,23-24H,1,4-11,13-16H2,2H3. The molecule has 2 heteroatoms. The summed E-state index contributed by atoms with van der Waals surface area (Å²) in [4.78, 5) is 0. The van der Waals surface area contributed by atoms with Gasteiger partial charge in [-0.1, -0.05) is 44.1 Å². The number of allylic oxidation sites excluding steroid dienone is 1. The van der Waals surface area contributed by atoms with Crippen molar-refractivity contribution < 1.29 is 8.78 Å². The second-order valence-electron chi connectivity index (χ2n) is 9.19. The van der Waals surface area contributed by atoms with Crippen LogP contribution in [0, 0.1) is 47.1 Å². The summed E-state index contributed by atoms with van der Waals surface area (Å²) in [5.74, 6) is 7.96. The van der Waals surface area contributed by atoms with E-state index in [0.717, 1.165) is 43.4 Å². The molecule has 29 heavy (non-hydrogen) atoms. The van der Waals surface area contributed by atoms with Crippen LogP contribution < -0.4 is 0 Å². The first-order chi connectivity index (χ1) is 14.1. The molecule has 1 aromatic rings. The average Bonchev–Trinajstić information content (AvgIpc) is 2.74. The van der Waals surface area contributed by atoms with Crippen molar-refractivity contribution >= 4 is 0 Å². The third-order valence-electron chi connectivity index (χ3n) is 7.28. The maximum Gasteiger partial charge on any atom is 0.142 e. The predicted octanol–water partition coefficient (Wildman–Crippen LogP) is 7.85. The normalized spacial score (nSPS) is 27.1. The highest BCUT2D eigenvalue weighted by atomic mass is 19.1. The molecule has 3 rings (SSSR count). The number of halogens is 2. The van der Waals surface area contributed by atoms with E-state index in [1.807, 2.05) is 6.08 Å². The molecule has 2 saturated carbocycles. The SMILES string of the molecule is C=CCCCc1cc(F)c(C#CC2CCC(C3CCC(CC)CC3)CC2)c(F)c1. The van der Waals surface area contributed by atoms with Crippen LogP contribution >= 0.6 is 0 Å². The summed E-state index contributed by atoms with van der Waals surface area (Å²) in [5, 5.41) is 0. The topological polar surface area (TPSA) is 0 Å². The first-order valence-corrected chi connectivity index (χ1v) is 11.7. The summed E-state index contributed by atoms with van der Waals surface area (Å²) in [6.07, 6.45) is 15.8. The van der Waals surface area contributed by atoms with E-state index in [9.17, 15) is 8.78 Å². The van der Waals surface area contributed by atoms with Gasteiger partial charge in [-0.15, -0.1) is 6.58 Å². The van der Waals surface area contributed by atoms with E-state index in [1.165, 1.54) is 57.1 Å². The zero-order chi connectivity index (χ0) is 20.6. The number of benzene rings is 1. The third kappa shape index (κ3) is 6.18. The maximum atomic E-state index is 14.4. The van der Waals surface area contributed by atoms with Gasteiger partial charge in [0.2, 0.25) is 0 Å². The van der Waals surface area contributed by atoms with Crippen molar-refractivity contribution in [3.05, 3.63) is 47.5 Å². The lowest BCUT2D eigenvalue weighted by atomic mass is 9.69. The minimum Gasteiger partial charge on any atom is -0.206 e. The van der Waals surface area contributed by atoms with E-state index in [1.54, 1.807) is 0 Å². The number of rotatable bonds is 6. The van der Waals surface area contributed by atoms with E-state index in [-0.39, 0.29) is 11.5 Å². The Kier molecular flexibility index (Phi) is 8.34. The van der Waals surface area contributed by atoms with E-state index in [0.29, 0.717) is 12.0 Å². The van der Waals surface area contributed by atoms with Crippen molar-refractivity contribution in [2.24, 2.45) is 23.7 Å². The molecule has 0 aliphatic heterocycles. The van der Waals surface area contributed by atoms with E-state index in [4.69, 9.17) is 0 Å². The van der Waals surface area contributed by atoms with Crippen molar-refractivity contribution in [3.63, 3.8) is 0 Å². The van der Waals surface area contributed by atoms with Crippen LogP contribution in [-0.2, 0) is 6.42 Å². The number of unbranched alkanes of at least 4 members (excludes halogenated alkanes) is 1. The molecular weight excluding hydrogens is 362 g/mol. The third-order valence-corrected chi connectivity index (χ3v) is 7.28. The minimum absolute atomic E-state index is 0.0579. The monoisotopic (exact) mass is 398 g/mol. The first-order valence-electron chi connectivity index (χ1n) is 11.7. The fourth-order valence-electron chi connectivity index (χ4n) is 5.32. The largest absolute Gasteiger partial charge is 0.206 e.